The maximum atomic E-state index is 8.64. The maximum Gasteiger partial charge on any atom is 0.187 e. The zero-order chi connectivity index (χ0) is 13.9. The van der Waals surface area contributed by atoms with Gasteiger partial charge in [-0.25, -0.2) is 9.97 Å². The van der Waals surface area contributed by atoms with Crippen LogP contribution < -0.4 is 0 Å². The fourth-order valence-corrected chi connectivity index (χ4v) is 2.49. The summed E-state index contributed by atoms with van der Waals surface area (Å²) in [5.74, 6) is 0.302. The van der Waals surface area contributed by atoms with Gasteiger partial charge in [0, 0.05) is 5.02 Å². The Morgan fingerprint density at radius 1 is 1.35 bits per heavy atom. The van der Waals surface area contributed by atoms with Gasteiger partial charge in [-0.2, -0.15) is 9.94 Å². The number of aromatic nitrogens is 5. The van der Waals surface area contributed by atoms with Gasteiger partial charge in [-0.3, -0.25) is 0 Å². The van der Waals surface area contributed by atoms with Crippen molar-refractivity contribution in [3.8, 4) is 11.8 Å². The van der Waals surface area contributed by atoms with E-state index in [1.54, 1.807) is 16.8 Å². The molecule has 20 heavy (non-hydrogen) atoms. The van der Waals surface area contributed by atoms with Gasteiger partial charge < -0.3 is 0 Å². The number of halogens is 1. The molecular weight excluding hydrogens is 296 g/mol. The lowest BCUT2D eigenvalue weighted by molar-refractivity contribution is 0.817. The summed E-state index contributed by atoms with van der Waals surface area (Å²) < 4.78 is 1.60. The Kier molecular flexibility index (Phi) is 3.50. The molecule has 0 saturated carbocycles. The minimum atomic E-state index is 0.302. The number of benzene rings is 1. The molecule has 0 saturated heterocycles. The van der Waals surface area contributed by atoms with Gasteiger partial charge in [0.05, 0.1) is 17.5 Å². The van der Waals surface area contributed by atoms with Crippen molar-refractivity contribution in [2.45, 2.75) is 5.03 Å². The van der Waals surface area contributed by atoms with E-state index in [0.717, 1.165) is 5.69 Å². The van der Waals surface area contributed by atoms with Crippen LogP contribution in [0.1, 0.15) is 0 Å². The highest BCUT2D eigenvalue weighted by Crippen LogP contribution is 2.24. The van der Waals surface area contributed by atoms with Crippen molar-refractivity contribution in [2.75, 3.05) is 5.75 Å². The Balaban J connectivity index is 2.13. The molecule has 0 fully saturated rings. The lowest BCUT2D eigenvalue weighted by Gasteiger charge is -2.02. The van der Waals surface area contributed by atoms with E-state index in [0.29, 0.717) is 27.0 Å². The summed E-state index contributed by atoms with van der Waals surface area (Å²) >= 11 is 7.29. The summed E-state index contributed by atoms with van der Waals surface area (Å²) in [6.07, 6.45) is 1.44. The zero-order valence-corrected chi connectivity index (χ0v) is 11.6. The van der Waals surface area contributed by atoms with Crippen LogP contribution in [0.5, 0.6) is 0 Å². The molecule has 0 unspecified atom stereocenters. The number of nitrogens with zero attached hydrogens (tertiary/aromatic N) is 6. The van der Waals surface area contributed by atoms with Crippen LogP contribution in [0.25, 0.3) is 16.9 Å². The van der Waals surface area contributed by atoms with E-state index in [1.165, 1.54) is 18.1 Å². The van der Waals surface area contributed by atoms with Crippen molar-refractivity contribution >= 4 is 34.5 Å². The molecule has 0 aliphatic heterocycles. The van der Waals surface area contributed by atoms with Crippen LogP contribution in [-0.4, -0.2) is 30.7 Å². The molecule has 2 aromatic heterocycles. The first-order valence-electron chi connectivity index (χ1n) is 5.61. The number of hydrogen-bond donors (Lipinski definition) is 0. The SMILES string of the molecule is N#CCSc1ncnc2c1nnn2-c1cccc(Cl)c1. The first-order valence-corrected chi connectivity index (χ1v) is 6.98. The van der Waals surface area contributed by atoms with E-state index in [-0.39, 0.29) is 0 Å². The predicted octanol–water partition coefficient (Wildman–Crippen LogP) is 2.48. The molecule has 8 heteroatoms. The molecule has 2 heterocycles. The summed E-state index contributed by atoms with van der Waals surface area (Å²) in [5.41, 5.74) is 1.94. The van der Waals surface area contributed by atoms with Crippen molar-refractivity contribution in [3.63, 3.8) is 0 Å². The fraction of sp³-hybridized carbons (Fsp3) is 0.0833. The highest BCUT2D eigenvalue weighted by molar-refractivity contribution is 7.99. The van der Waals surface area contributed by atoms with E-state index >= 15 is 0 Å². The summed E-state index contributed by atoms with van der Waals surface area (Å²) in [6.45, 7) is 0. The number of rotatable bonds is 3. The molecule has 0 N–H and O–H groups in total. The second-order valence-electron chi connectivity index (χ2n) is 3.78. The van der Waals surface area contributed by atoms with Crippen molar-refractivity contribution in [3.05, 3.63) is 35.6 Å². The van der Waals surface area contributed by atoms with Crippen LogP contribution in [0.3, 0.4) is 0 Å². The van der Waals surface area contributed by atoms with Gasteiger partial charge in [0.25, 0.3) is 0 Å². The molecule has 3 aromatic rings. The van der Waals surface area contributed by atoms with E-state index in [4.69, 9.17) is 16.9 Å². The Labute approximate surface area is 123 Å². The van der Waals surface area contributed by atoms with Gasteiger partial charge in [-0.15, -0.1) is 5.10 Å². The number of hydrogen-bond acceptors (Lipinski definition) is 6. The Hall–Kier alpha value is -2.17. The highest BCUT2D eigenvalue weighted by atomic mass is 35.5. The normalized spacial score (nSPS) is 10.6. The minimum absolute atomic E-state index is 0.302. The zero-order valence-electron chi connectivity index (χ0n) is 10.1. The van der Waals surface area contributed by atoms with Crippen LogP contribution >= 0.6 is 23.4 Å². The second kappa shape index (κ2) is 5.45. The molecule has 98 valence electrons. The molecular formula is C12H7ClN6S. The minimum Gasteiger partial charge on any atom is -0.227 e. The monoisotopic (exact) mass is 302 g/mol. The lowest BCUT2D eigenvalue weighted by atomic mass is 10.3. The lowest BCUT2D eigenvalue weighted by Crippen LogP contribution is -1.98. The molecule has 0 radical (unpaired) electrons. The molecule has 0 aliphatic carbocycles. The maximum absolute atomic E-state index is 8.64. The van der Waals surface area contributed by atoms with Gasteiger partial charge in [-0.1, -0.05) is 34.6 Å². The first-order chi connectivity index (χ1) is 9.79. The number of nitriles is 1. The Morgan fingerprint density at radius 3 is 3.05 bits per heavy atom. The number of thioether (sulfide) groups is 1. The largest absolute Gasteiger partial charge is 0.227 e. The molecule has 0 atom stereocenters. The first kappa shape index (κ1) is 12.8. The summed E-state index contributed by atoms with van der Waals surface area (Å²) in [4.78, 5) is 8.33. The van der Waals surface area contributed by atoms with Gasteiger partial charge >= 0.3 is 0 Å². The molecule has 0 aliphatic rings. The van der Waals surface area contributed by atoms with Gasteiger partial charge in [0.1, 0.15) is 11.4 Å². The molecule has 3 rings (SSSR count). The molecule has 0 spiro atoms. The van der Waals surface area contributed by atoms with Crippen molar-refractivity contribution < 1.29 is 0 Å². The van der Waals surface area contributed by atoms with Gasteiger partial charge in [0.2, 0.25) is 0 Å². The smallest absolute Gasteiger partial charge is 0.187 e. The number of fused-ring (bicyclic) bond motifs is 1. The Morgan fingerprint density at radius 2 is 2.25 bits per heavy atom. The second-order valence-corrected chi connectivity index (χ2v) is 5.18. The van der Waals surface area contributed by atoms with E-state index < -0.39 is 0 Å². The summed E-state index contributed by atoms with van der Waals surface area (Å²) in [6, 6.07) is 9.32. The fourth-order valence-electron chi connectivity index (χ4n) is 1.72. The van der Waals surface area contributed by atoms with Crippen LogP contribution in [0.2, 0.25) is 5.02 Å². The third-order valence-electron chi connectivity index (χ3n) is 2.53. The highest BCUT2D eigenvalue weighted by Gasteiger charge is 2.13. The van der Waals surface area contributed by atoms with Crippen LogP contribution in [0.15, 0.2) is 35.6 Å². The van der Waals surface area contributed by atoms with Crippen molar-refractivity contribution in [1.29, 1.82) is 5.26 Å². The average Bonchev–Trinajstić information content (AvgIpc) is 2.89. The predicted molar refractivity (Wildman–Crippen MR) is 75.8 cm³/mol. The van der Waals surface area contributed by atoms with Gasteiger partial charge in [0.15, 0.2) is 11.2 Å². The topological polar surface area (TPSA) is 80.3 Å². The van der Waals surface area contributed by atoms with Gasteiger partial charge in [-0.05, 0) is 18.2 Å². The molecule has 1 aromatic carbocycles. The Bertz CT molecular complexity index is 809. The van der Waals surface area contributed by atoms with Crippen molar-refractivity contribution in [1.82, 2.24) is 25.0 Å². The summed E-state index contributed by atoms with van der Waals surface area (Å²) in [7, 11) is 0. The van der Waals surface area contributed by atoms with E-state index in [9.17, 15) is 0 Å². The molecule has 0 bridgehead atoms. The molecule has 0 amide bonds. The quantitative estimate of drug-likeness (QED) is 0.546. The van der Waals surface area contributed by atoms with E-state index in [1.807, 2.05) is 12.1 Å². The summed E-state index contributed by atoms with van der Waals surface area (Å²) in [5, 5.41) is 18.1. The van der Waals surface area contributed by atoms with Crippen LogP contribution in [-0.2, 0) is 0 Å². The molecule has 6 nitrogen and oxygen atoms in total. The van der Waals surface area contributed by atoms with Crippen LogP contribution in [0.4, 0.5) is 0 Å². The van der Waals surface area contributed by atoms with E-state index in [2.05, 4.69) is 26.3 Å². The average molecular weight is 303 g/mol. The standard InChI is InChI=1S/C12H7ClN6S/c13-8-2-1-3-9(6-8)19-11-10(17-18-19)12(16-7-15-11)20-5-4-14/h1-3,6-7H,5H2. The third kappa shape index (κ3) is 2.31. The third-order valence-corrected chi connectivity index (χ3v) is 3.61. The van der Waals surface area contributed by atoms with Crippen LogP contribution in [0, 0.1) is 11.3 Å². The van der Waals surface area contributed by atoms with Crippen molar-refractivity contribution in [2.24, 2.45) is 0 Å².